The van der Waals surface area contributed by atoms with Crippen LogP contribution in [0, 0.1) is 18.8 Å². The number of esters is 2. The lowest BCUT2D eigenvalue weighted by Crippen LogP contribution is -2.55. The summed E-state index contributed by atoms with van der Waals surface area (Å²) in [6, 6.07) is 10.4. The molecule has 0 aromatic heterocycles. The third kappa shape index (κ3) is 6.51. The van der Waals surface area contributed by atoms with E-state index in [0.29, 0.717) is 5.56 Å². The molecule has 0 heterocycles. The van der Waals surface area contributed by atoms with E-state index in [4.69, 9.17) is 14.2 Å². The van der Waals surface area contributed by atoms with Gasteiger partial charge >= 0.3 is 11.9 Å². The van der Waals surface area contributed by atoms with Crippen LogP contribution >= 0.6 is 0 Å². The third-order valence-electron chi connectivity index (χ3n) is 6.60. The van der Waals surface area contributed by atoms with Crippen molar-refractivity contribution in [2.24, 2.45) is 16.9 Å². The fraction of sp³-hybridized carbons (Fsp3) is 0.444. The molecule has 11 nitrogen and oxygen atoms in total. The van der Waals surface area contributed by atoms with Gasteiger partial charge in [0.25, 0.3) is 10.0 Å². The molecule has 0 amide bonds. The molecule has 39 heavy (non-hydrogen) atoms. The van der Waals surface area contributed by atoms with Gasteiger partial charge in [-0.3, -0.25) is 9.59 Å². The Bertz CT molecular complexity index is 1340. The number of ether oxygens (including phenoxy) is 3. The summed E-state index contributed by atoms with van der Waals surface area (Å²) in [5.41, 5.74) is -0.709. The second kappa shape index (κ2) is 12.0. The predicted molar refractivity (Wildman–Crippen MR) is 142 cm³/mol. The average Bonchev–Trinajstić information content (AvgIpc) is 2.87. The smallest absolute Gasteiger partial charge is 0.315 e. The maximum absolute atomic E-state index is 13.4. The van der Waals surface area contributed by atoms with Crippen LogP contribution in [0.15, 0.2) is 52.5 Å². The normalized spacial score (nSPS) is 24.2. The molecule has 0 saturated heterocycles. The Kier molecular flexibility index (Phi) is 9.23. The highest BCUT2D eigenvalue weighted by Gasteiger charge is 2.56. The minimum absolute atomic E-state index is 0.00123. The number of sulfonamides is 1. The number of methoxy groups -OCH3 is 1. The Hall–Kier alpha value is -3.64. The number of hydrazone groups is 1. The molecule has 0 radical (unpaired) electrons. The lowest BCUT2D eigenvalue weighted by atomic mass is 9.61. The largest absolute Gasteiger partial charge is 0.504 e. The predicted octanol–water partition coefficient (Wildman–Crippen LogP) is 2.64. The number of carbonyl (C=O) groups is 2. The van der Waals surface area contributed by atoms with Crippen molar-refractivity contribution >= 4 is 27.7 Å². The zero-order valence-electron chi connectivity index (χ0n) is 22.5. The third-order valence-corrected chi connectivity index (χ3v) is 7.82. The molecular weight excluding hydrogens is 528 g/mol. The fourth-order valence-electron chi connectivity index (χ4n) is 4.82. The van der Waals surface area contributed by atoms with Gasteiger partial charge in [0, 0.05) is 12.3 Å². The molecule has 3 N–H and O–H groups in total. The lowest BCUT2D eigenvalue weighted by Gasteiger charge is -2.45. The molecule has 12 heteroatoms. The van der Waals surface area contributed by atoms with E-state index in [2.05, 4.69) is 9.93 Å². The number of aliphatic hydroxyl groups is 1. The van der Waals surface area contributed by atoms with E-state index in [-0.39, 0.29) is 41.7 Å². The van der Waals surface area contributed by atoms with Crippen molar-refractivity contribution in [1.29, 1.82) is 0 Å². The van der Waals surface area contributed by atoms with Crippen molar-refractivity contribution in [3.05, 3.63) is 53.6 Å². The maximum atomic E-state index is 13.4. The summed E-state index contributed by atoms with van der Waals surface area (Å²) in [4.78, 5) is 28.7. The van der Waals surface area contributed by atoms with E-state index in [0.717, 1.165) is 5.56 Å². The number of hydrogen-bond donors (Lipinski definition) is 3. The van der Waals surface area contributed by atoms with Crippen LogP contribution in [0.3, 0.4) is 0 Å². The Morgan fingerprint density at radius 3 is 2.26 bits per heavy atom. The molecule has 4 unspecified atom stereocenters. The Balaban J connectivity index is 2.19. The summed E-state index contributed by atoms with van der Waals surface area (Å²) in [5, 5.41) is 26.1. The molecule has 4 atom stereocenters. The number of benzene rings is 2. The van der Waals surface area contributed by atoms with Gasteiger partial charge in [-0.25, -0.2) is 4.83 Å². The van der Waals surface area contributed by atoms with E-state index < -0.39 is 45.3 Å². The van der Waals surface area contributed by atoms with E-state index in [9.17, 15) is 28.2 Å². The van der Waals surface area contributed by atoms with Gasteiger partial charge in [0.2, 0.25) is 0 Å². The number of nitrogens with one attached hydrogen (secondary N) is 1. The Morgan fingerprint density at radius 1 is 1.08 bits per heavy atom. The van der Waals surface area contributed by atoms with Crippen molar-refractivity contribution in [2.45, 2.75) is 50.5 Å². The van der Waals surface area contributed by atoms with Crippen molar-refractivity contribution in [2.75, 3.05) is 20.3 Å². The minimum Gasteiger partial charge on any atom is -0.504 e. The standard InChI is InChI=1S/C27H34N2O9S/c1-6-37-25(31)23-19(28-29-39(34,35)18-11-8-16(3)9-12-18)15-27(4,33)24(26(32)38-7-2)22(23)17-10-13-21(36-5)20(30)14-17/h8-14,22-24,29-30,33H,6-7,15H2,1-5H3. The summed E-state index contributed by atoms with van der Waals surface area (Å²) in [6.45, 7) is 6.43. The van der Waals surface area contributed by atoms with Crippen LogP contribution in [0.1, 0.15) is 44.2 Å². The Morgan fingerprint density at radius 2 is 1.69 bits per heavy atom. The Labute approximate surface area is 227 Å². The highest BCUT2D eigenvalue weighted by atomic mass is 32.2. The van der Waals surface area contributed by atoms with Gasteiger partial charge in [0.15, 0.2) is 11.5 Å². The second-order valence-electron chi connectivity index (χ2n) is 9.46. The molecule has 1 saturated carbocycles. The van der Waals surface area contributed by atoms with Crippen LogP contribution < -0.4 is 9.57 Å². The number of nitrogens with zero attached hydrogens (tertiary/aromatic N) is 1. The van der Waals surface area contributed by atoms with E-state index >= 15 is 0 Å². The molecule has 2 aromatic carbocycles. The quantitative estimate of drug-likeness (QED) is 0.308. The van der Waals surface area contributed by atoms with Crippen LogP contribution in [0.25, 0.3) is 0 Å². The monoisotopic (exact) mass is 562 g/mol. The van der Waals surface area contributed by atoms with Crippen LogP contribution in [-0.2, 0) is 29.1 Å². The molecule has 1 aliphatic rings. The number of rotatable bonds is 9. The molecule has 1 aliphatic carbocycles. The number of phenols is 1. The first-order valence-corrected chi connectivity index (χ1v) is 13.9. The number of aryl methyl sites for hydroxylation is 1. The zero-order valence-corrected chi connectivity index (χ0v) is 23.3. The van der Waals surface area contributed by atoms with E-state index in [1.807, 2.05) is 6.92 Å². The van der Waals surface area contributed by atoms with Crippen molar-refractivity contribution in [3.63, 3.8) is 0 Å². The zero-order chi connectivity index (χ0) is 29.0. The second-order valence-corrected chi connectivity index (χ2v) is 11.1. The van der Waals surface area contributed by atoms with Gasteiger partial charge < -0.3 is 24.4 Å². The van der Waals surface area contributed by atoms with E-state index in [1.54, 1.807) is 26.0 Å². The SMILES string of the molecule is CCOC(=O)C1C(=NNS(=O)(=O)c2ccc(C)cc2)CC(C)(O)C(C(=O)OCC)C1c1ccc(OC)c(O)c1. The molecular formula is C27H34N2O9S. The number of carbonyl (C=O) groups excluding carboxylic acids is 2. The topological polar surface area (TPSA) is 161 Å². The van der Waals surface area contributed by atoms with Gasteiger partial charge in [0.1, 0.15) is 5.92 Å². The van der Waals surface area contributed by atoms with E-state index in [1.165, 1.54) is 44.4 Å². The highest BCUT2D eigenvalue weighted by Crippen LogP contribution is 2.48. The molecule has 0 spiro atoms. The van der Waals surface area contributed by atoms with Gasteiger partial charge in [-0.15, -0.1) is 0 Å². The average molecular weight is 563 g/mol. The van der Waals surface area contributed by atoms with Crippen LogP contribution in [-0.4, -0.2) is 62.2 Å². The highest BCUT2D eigenvalue weighted by molar-refractivity contribution is 7.89. The lowest BCUT2D eigenvalue weighted by molar-refractivity contribution is -0.163. The van der Waals surface area contributed by atoms with Crippen LogP contribution in [0.5, 0.6) is 11.5 Å². The summed E-state index contributed by atoms with van der Waals surface area (Å²) >= 11 is 0. The number of phenolic OH excluding ortho intramolecular Hbond substituents is 1. The number of aromatic hydroxyl groups is 1. The first-order chi connectivity index (χ1) is 18.4. The maximum Gasteiger partial charge on any atom is 0.315 e. The van der Waals surface area contributed by atoms with Crippen LogP contribution in [0.4, 0.5) is 0 Å². The molecule has 0 aliphatic heterocycles. The minimum atomic E-state index is -4.13. The summed E-state index contributed by atoms with van der Waals surface area (Å²) in [6.07, 6.45) is -0.338. The van der Waals surface area contributed by atoms with Crippen LogP contribution in [0.2, 0.25) is 0 Å². The van der Waals surface area contributed by atoms with Gasteiger partial charge in [-0.1, -0.05) is 23.8 Å². The molecule has 1 fully saturated rings. The first-order valence-electron chi connectivity index (χ1n) is 12.4. The molecule has 0 bridgehead atoms. The van der Waals surface area contributed by atoms with Gasteiger partial charge in [0.05, 0.1) is 42.4 Å². The fourth-order valence-corrected chi connectivity index (χ4v) is 5.65. The molecule has 2 aromatic rings. The van der Waals surface area contributed by atoms with Crippen molar-refractivity contribution < 1.29 is 42.4 Å². The van der Waals surface area contributed by atoms with Gasteiger partial charge in [-0.05, 0) is 57.5 Å². The molecule has 212 valence electrons. The first kappa shape index (κ1) is 29.9. The summed E-state index contributed by atoms with van der Waals surface area (Å²) in [7, 11) is -2.76. The molecule has 3 rings (SSSR count). The van der Waals surface area contributed by atoms with Crippen molar-refractivity contribution in [1.82, 2.24) is 4.83 Å². The van der Waals surface area contributed by atoms with Crippen molar-refractivity contribution in [3.8, 4) is 11.5 Å². The number of hydrogen-bond acceptors (Lipinski definition) is 10. The summed E-state index contributed by atoms with van der Waals surface area (Å²) < 4.78 is 41.6. The van der Waals surface area contributed by atoms with Gasteiger partial charge in [-0.2, -0.15) is 13.5 Å². The summed E-state index contributed by atoms with van der Waals surface area (Å²) in [5.74, 6) is -5.37.